The minimum atomic E-state index is 0.237. The molecular formula is C15H12N2O3. The summed E-state index contributed by atoms with van der Waals surface area (Å²) < 4.78 is 15.8. The van der Waals surface area contributed by atoms with Gasteiger partial charge in [0.15, 0.2) is 11.5 Å². The van der Waals surface area contributed by atoms with Crippen LogP contribution < -0.4 is 19.5 Å². The van der Waals surface area contributed by atoms with Gasteiger partial charge < -0.3 is 19.5 Å². The Labute approximate surface area is 116 Å². The van der Waals surface area contributed by atoms with Crippen molar-refractivity contribution < 1.29 is 14.2 Å². The van der Waals surface area contributed by atoms with Gasteiger partial charge in [0.05, 0.1) is 18.4 Å². The molecule has 1 N–H and O–H groups in total. The van der Waals surface area contributed by atoms with Gasteiger partial charge in [-0.2, -0.15) is 5.26 Å². The van der Waals surface area contributed by atoms with E-state index in [2.05, 4.69) is 11.4 Å². The number of rotatable bonds is 3. The molecule has 3 rings (SSSR count). The molecule has 5 nitrogen and oxygen atoms in total. The quantitative estimate of drug-likeness (QED) is 0.926. The molecule has 0 saturated heterocycles. The number of hydrogen-bond donors (Lipinski definition) is 1. The Kier molecular flexibility index (Phi) is 3.05. The number of benzene rings is 2. The number of methoxy groups -OCH3 is 1. The topological polar surface area (TPSA) is 63.5 Å². The molecule has 1 aliphatic rings. The first-order valence-corrected chi connectivity index (χ1v) is 6.05. The van der Waals surface area contributed by atoms with Gasteiger partial charge >= 0.3 is 0 Å². The number of fused-ring (bicyclic) bond motifs is 1. The first-order valence-electron chi connectivity index (χ1n) is 6.05. The molecule has 5 heteroatoms. The van der Waals surface area contributed by atoms with E-state index in [0.29, 0.717) is 22.7 Å². The maximum Gasteiger partial charge on any atom is 0.231 e. The molecule has 0 saturated carbocycles. The van der Waals surface area contributed by atoms with Crippen molar-refractivity contribution in [3.05, 3.63) is 42.0 Å². The van der Waals surface area contributed by atoms with Crippen molar-refractivity contribution in [3.8, 4) is 23.3 Å². The highest BCUT2D eigenvalue weighted by Crippen LogP contribution is 2.35. The second-order valence-corrected chi connectivity index (χ2v) is 4.22. The van der Waals surface area contributed by atoms with E-state index < -0.39 is 0 Å². The number of hydrogen-bond acceptors (Lipinski definition) is 5. The summed E-state index contributed by atoms with van der Waals surface area (Å²) in [6.45, 7) is 0.237. The predicted octanol–water partition coefficient (Wildman–Crippen LogP) is 3.04. The lowest BCUT2D eigenvalue weighted by Crippen LogP contribution is -1.95. The van der Waals surface area contributed by atoms with Crippen LogP contribution in [0.4, 0.5) is 11.4 Å². The molecule has 100 valence electrons. The Morgan fingerprint density at radius 3 is 2.80 bits per heavy atom. The molecule has 1 heterocycles. The fourth-order valence-corrected chi connectivity index (χ4v) is 1.98. The molecule has 0 fully saturated rings. The number of ether oxygens (including phenoxy) is 3. The molecule has 0 atom stereocenters. The van der Waals surface area contributed by atoms with Crippen LogP contribution in [0.5, 0.6) is 17.2 Å². The Bertz CT molecular complexity index is 692. The van der Waals surface area contributed by atoms with Crippen LogP contribution in [0, 0.1) is 11.3 Å². The SMILES string of the molecule is COc1ccc(C#N)c(Nc2ccc3c(c2)OCO3)c1. The molecule has 2 aromatic carbocycles. The molecular weight excluding hydrogens is 256 g/mol. The van der Waals surface area contributed by atoms with Gasteiger partial charge in [-0.1, -0.05) is 0 Å². The highest BCUT2D eigenvalue weighted by Gasteiger charge is 2.14. The summed E-state index contributed by atoms with van der Waals surface area (Å²) >= 11 is 0. The molecule has 0 bridgehead atoms. The minimum absolute atomic E-state index is 0.237. The first-order chi connectivity index (χ1) is 9.80. The van der Waals surface area contributed by atoms with E-state index in [1.807, 2.05) is 18.2 Å². The number of nitriles is 1. The van der Waals surface area contributed by atoms with Crippen molar-refractivity contribution in [2.75, 3.05) is 19.2 Å². The number of anilines is 2. The zero-order valence-corrected chi connectivity index (χ0v) is 10.8. The maximum absolute atomic E-state index is 9.14. The fourth-order valence-electron chi connectivity index (χ4n) is 1.98. The van der Waals surface area contributed by atoms with E-state index in [-0.39, 0.29) is 6.79 Å². The average molecular weight is 268 g/mol. The summed E-state index contributed by atoms with van der Waals surface area (Å²) in [5.74, 6) is 2.10. The summed E-state index contributed by atoms with van der Waals surface area (Å²) in [7, 11) is 1.59. The first kappa shape index (κ1) is 12.2. The predicted molar refractivity (Wildman–Crippen MR) is 73.6 cm³/mol. The van der Waals surface area contributed by atoms with Gasteiger partial charge in [0.2, 0.25) is 6.79 Å². The lowest BCUT2D eigenvalue weighted by molar-refractivity contribution is 0.174. The Morgan fingerprint density at radius 2 is 2.00 bits per heavy atom. The van der Waals surface area contributed by atoms with Gasteiger partial charge in [-0.3, -0.25) is 0 Å². The summed E-state index contributed by atoms with van der Waals surface area (Å²) in [5, 5.41) is 12.3. The Morgan fingerprint density at radius 1 is 1.15 bits per heavy atom. The highest BCUT2D eigenvalue weighted by atomic mass is 16.7. The normalized spacial score (nSPS) is 11.8. The lowest BCUT2D eigenvalue weighted by Gasteiger charge is -2.10. The van der Waals surface area contributed by atoms with E-state index >= 15 is 0 Å². The van der Waals surface area contributed by atoms with E-state index in [9.17, 15) is 0 Å². The number of nitrogens with zero attached hydrogens (tertiary/aromatic N) is 1. The lowest BCUT2D eigenvalue weighted by atomic mass is 10.1. The van der Waals surface area contributed by atoms with E-state index in [0.717, 1.165) is 11.4 Å². The van der Waals surface area contributed by atoms with Crippen LogP contribution in [0.25, 0.3) is 0 Å². The van der Waals surface area contributed by atoms with Crippen molar-refractivity contribution >= 4 is 11.4 Å². The summed E-state index contributed by atoms with van der Waals surface area (Å²) in [6, 6.07) is 12.9. The monoisotopic (exact) mass is 268 g/mol. The van der Waals surface area contributed by atoms with Gasteiger partial charge in [-0.25, -0.2) is 0 Å². The Hall–Kier alpha value is -2.87. The zero-order valence-electron chi connectivity index (χ0n) is 10.8. The van der Waals surface area contributed by atoms with Crippen LogP contribution >= 0.6 is 0 Å². The molecule has 20 heavy (non-hydrogen) atoms. The van der Waals surface area contributed by atoms with Crippen LogP contribution in [0.2, 0.25) is 0 Å². The molecule has 2 aromatic rings. The molecule has 0 radical (unpaired) electrons. The van der Waals surface area contributed by atoms with Crippen LogP contribution in [0.15, 0.2) is 36.4 Å². The smallest absolute Gasteiger partial charge is 0.231 e. The number of nitrogens with one attached hydrogen (secondary N) is 1. The molecule has 1 aliphatic heterocycles. The molecule has 0 amide bonds. The van der Waals surface area contributed by atoms with Crippen molar-refractivity contribution in [2.24, 2.45) is 0 Å². The third kappa shape index (κ3) is 2.19. The van der Waals surface area contributed by atoms with E-state index in [1.54, 1.807) is 25.3 Å². The van der Waals surface area contributed by atoms with Crippen LogP contribution in [-0.2, 0) is 0 Å². The third-order valence-electron chi connectivity index (χ3n) is 3.00. The van der Waals surface area contributed by atoms with Crippen LogP contribution in [0.1, 0.15) is 5.56 Å². The summed E-state index contributed by atoms with van der Waals surface area (Å²) in [4.78, 5) is 0. The van der Waals surface area contributed by atoms with Gasteiger partial charge in [0, 0.05) is 17.8 Å². The molecule has 0 aliphatic carbocycles. The van der Waals surface area contributed by atoms with Crippen molar-refractivity contribution in [2.45, 2.75) is 0 Å². The fraction of sp³-hybridized carbons (Fsp3) is 0.133. The van der Waals surface area contributed by atoms with Crippen molar-refractivity contribution in [1.82, 2.24) is 0 Å². The van der Waals surface area contributed by atoms with Gasteiger partial charge in [0.25, 0.3) is 0 Å². The minimum Gasteiger partial charge on any atom is -0.497 e. The second kappa shape index (κ2) is 5.02. The molecule has 0 unspecified atom stereocenters. The standard InChI is InChI=1S/C15H12N2O3/c1-18-12-4-2-10(8-16)13(7-12)17-11-3-5-14-15(6-11)20-9-19-14/h2-7,17H,9H2,1H3. The Balaban J connectivity index is 1.92. The highest BCUT2D eigenvalue weighted by molar-refractivity contribution is 5.70. The third-order valence-corrected chi connectivity index (χ3v) is 3.00. The van der Waals surface area contributed by atoms with Crippen LogP contribution in [-0.4, -0.2) is 13.9 Å². The molecule has 0 aromatic heterocycles. The zero-order chi connectivity index (χ0) is 13.9. The van der Waals surface area contributed by atoms with Crippen molar-refractivity contribution in [3.63, 3.8) is 0 Å². The average Bonchev–Trinajstić information content (AvgIpc) is 2.94. The van der Waals surface area contributed by atoms with Crippen molar-refractivity contribution in [1.29, 1.82) is 5.26 Å². The summed E-state index contributed by atoms with van der Waals surface area (Å²) in [6.07, 6.45) is 0. The second-order valence-electron chi connectivity index (χ2n) is 4.22. The van der Waals surface area contributed by atoms with Gasteiger partial charge in [0.1, 0.15) is 11.8 Å². The van der Waals surface area contributed by atoms with E-state index in [1.165, 1.54) is 0 Å². The maximum atomic E-state index is 9.14. The van der Waals surface area contributed by atoms with Gasteiger partial charge in [-0.05, 0) is 24.3 Å². The molecule has 0 spiro atoms. The largest absolute Gasteiger partial charge is 0.497 e. The van der Waals surface area contributed by atoms with E-state index in [4.69, 9.17) is 19.5 Å². The van der Waals surface area contributed by atoms with Crippen LogP contribution in [0.3, 0.4) is 0 Å². The van der Waals surface area contributed by atoms with Gasteiger partial charge in [-0.15, -0.1) is 0 Å². The summed E-state index contributed by atoms with van der Waals surface area (Å²) in [5.41, 5.74) is 2.05.